The Bertz CT molecular complexity index is 1470. The number of aliphatic carboxylic acids is 1. The van der Waals surface area contributed by atoms with Gasteiger partial charge in [0, 0.05) is 19.3 Å². The Morgan fingerprint density at radius 3 is 1.15 bits per heavy atom. The number of carbonyl (C=O) groups excluding carboxylic acids is 2. The molecule has 8 heteroatoms. The molecule has 0 saturated carbocycles. The fourth-order valence-electron chi connectivity index (χ4n) is 7.34. The molecule has 0 aromatic heterocycles. The van der Waals surface area contributed by atoms with Crippen LogP contribution in [0.4, 0.5) is 0 Å². The minimum atomic E-state index is -0.882. The number of carbonyl (C=O) groups is 3. The zero-order valence-electron chi connectivity index (χ0n) is 44.0. The Morgan fingerprint density at radius 2 is 0.779 bits per heavy atom. The van der Waals surface area contributed by atoms with Crippen LogP contribution in [0.25, 0.3) is 0 Å². The number of rotatable bonds is 47. The summed E-state index contributed by atoms with van der Waals surface area (Å²) in [7, 11) is 5.52. The van der Waals surface area contributed by atoms with Crippen molar-refractivity contribution in [3.05, 3.63) is 109 Å². The maximum Gasteiger partial charge on any atom is 0.362 e. The number of esters is 2. The van der Waals surface area contributed by atoms with Crippen molar-refractivity contribution in [2.45, 2.75) is 212 Å². The molecule has 0 saturated heterocycles. The van der Waals surface area contributed by atoms with Crippen molar-refractivity contribution in [3.8, 4) is 0 Å². The number of carboxylic acid groups (broad SMARTS) is 1. The molecule has 0 radical (unpaired) electrons. The molecule has 0 heterocycles. The number of carboxylic acids is 1. The Hall–Kier alpha value is -4.01. The molecule has 0 amide bonds. The van der Waals surface area contributed by atoms with Gasteiger partial charge in [-0.25, -0.2) is 4.79 Å². The summed E-state index contributed by atoms with van der Waals surface area (Å²) in [5.74, 6) is -1.50. The Labute approximate surface area is 417 Å². The number of unbranched alkanes of at least 4 members (excludes halogenated alkanes) is 15. The van der Waals surface area contributed by atoms with E-state index in [-0.39, 0.29) is 36.2 Å². The second kappa shape index (κ2) is 49.4. The lowest BCUT2D eigenvalue weighted by molar-refractivity contribution is -0.887. The number of allylic oxidation sites excluding steroid dienone is 18. The molecule has 68 heavy (non-hydrogen) atoms. The highest BCUT2D eigenvalue weighted by molar-refractivity contribution is 5.72. The number of nitrogens with zero attached hydrogens (tertiary/aromatic N) is 1. The monoisotopic (exact) mass is 947 g/mol. The van der Waals surface area contributed by atoms with Crippen LogP contribution in [0.1, 0.15) is 200 Å². The molecule has 0 rings (SSSR count). The summed E-state index contributed by atoms with van der Waals surface area (Å²) in [5.41, 5.74) is 0. The summed E-state index contributed by atoms with van der Waals surface area (Å²) in [5, 5.41) is 9.67. The first-order chi connectivity index (χ1) is 33.1. The van der Waals surface area contributed by atoms with Gasteiger partial charge in [0.1, 0.15) is 6.61 Å². The molecule has 0 spiro atoms. The normalized spacial score (nSPS) is 13.7. The quantitative estimate of drug-likeness (QED) is 0.0281. The molecule has 8 nitrogen and oxygen atoms in total. The predicted molar refractivity (Wildman–Crippen MR) is 289 cm³/mol. The van der Waals surface area contributed by atoms with Crippen LogP contribution in [0.5, 0.6) is 0 Å². The van der Waals surface area contributed by atoms with Gasteiger partial charge >= 0.3 is 17.9 Å². The first kappa shape index (κ1) is 64.0. The van der Waals surface area contributed by atoms with E-state index in [1.807, 2.05) is 21.1 Å². The average Bonchev–Trinajstić information content (AvgIpc) is 3.30. The minimum Gasteiger partial charge on any atom is -0.477 e. The van der Waals surface area contributed by atoms with Gasteiger partial charge in [0.25, 0.3) is 0 Å². The number of hydrogen-bond acceptors (Lipinski definition) is 6. The largest absolute Gasteiger partial charge is 0.477 e. The predicted octanol–water partition coefficient (Wildman–Crippen LogP) is 16.0. The number of hydrogen-bond donors (Lipinski definition) is 1. The van der Waals surface area contributed by atoms with E-state index in [4.69, 9.17) is 14.2 Å². The van der Waals surface area contributed by atoms with Gasteiger partial charge in [-0.1, -0.05) is 194 Å². The van der Waals surface area contributed by atoms with Gasteiger partial charge in [-0.3, -0.25) is 9.59 Å². The lowest BCUT2D eigenvalue weighted by Gasteiger charge is -2.31. The summed E-state index contributed by atoms with van der Waals surface area (Å²) >= 11 is 0. The molecule has 0 aromatic carbocycles. The van der Waals surface area contributed by atoms with Crippen LogP contribution in [0.15, 0.2) is 109 Å². The topological polar surface area (TPSA) is 99.1 Å². The molecular weight excluding hydrogens is 847 g/mol. The van der Waals surface area contributed by atoms with Gasteiger partial charge in [0.15, 0.2) is 12.1 Å². The maximum absolute atomic E-state index is 12.8. The Balaban J connectivity index is 4.28. The van der Waals surface area contributed by atoms with Crippen LogP contribution in [-0.2, 0) is 28.6 Å². The van der Waals surface area contributed by atoms with E-state index in [0.717, 1.165) is 116 Å². The van der Waals surface area contributed by atoms with Crippen molar-refractivity contribution in [2.24, 2.45) is 0 Å². The molecule has 0 fully saturated rings. The minimum absolute atomic E-state index is 0.0472. The first-order valence-electron chi connectivity index (χ1n) is 26.9. The van der Waals surface area contributed by atoms with Crippen molar-refractivity contribution in [2.75, 3.05) is 41.0 Å². The highest BCUT2D eigenvalue weighted by atomic mass is 16.6. The summed E-state index contributed by atoms with van der Waals surface area (Å²) in [4.78, 5) is 37.2. The summed E-state index contributed by atoms with van der Waals surface area (Å²) in [6, 6.07) is -0.626. The van der Waals surface area contributed by atoms with Gasteiger partial charge in [0.2, 0.25) is 0 Å². The van der Waals surface area contributed by atoms with E-state index >= 15 is 0 Å². The van der Waals surface area contributed by atoms with Crippen molar-refractivity contribution >= 4 is 17.9 Å². The van der Waals surface area contributed by atoms with Crippen LogP contribution >= 0.6 is 0 Å². The van der Waals surface area contributed by atoms with Gasteiger partial charge in [0.05, 0.1) is 34.4 Å². The number of likely N-dealkylation sites (N-methyl/N-ethyl adjacent to an activating group) is 1. The van der Waals surface area contributed by atoms with E-state index in [1.54, 1.807) is 0 Å². The van der Waals surface area contributed by atoms with Gasteiger partial charge < -0.3 is 23.8 Å². The van der Waals surface area contributed by atoms with E-state index in [2.05, 4.69) is 123 Å². The average molecular weight is 947 g/mol. The van der Waals surface area contributed by atoms with Crippen LogP contribution in [-0.4, -0.2) is 80.6 Å². The molecule has 0 bridgehead atoms. The summed E-state index contributed by atoms with van der Waals surface area (Å²) in [6.07, 6.45) is 68.5. The highest BCUT2D eigenvalue weighted by Gasteiger charge is 2.31. The van der Waals surface area contributed by atoms with Gasteiger partial charge in [-0.2, -0.15) is 0 Å². The van der Waals surface area contributed by atoms with Crippen molar-refractivity contribution in [1.29, 1.82) is 0 Å². The molecule has 2 atom stereocenters. The molecule has 0 aliphatic rings. The first-order valence-corrected chi connectivity index (χ1v) is 26.9. The van der Waals surface area contributed by atoms with Crippen LogP contribution in [0, 0.1) is 0 Å². The lowest BCUT2D eigenvalue weighted by atomic mass is 10.1. The molecule has 0 aliphatic heterocycles. The maximum atomic E-state index is 12.8. The Kier molecular flexibility index (Phi) is 46.5. The van der Waals surface area contributed by atoms with E-state index in [9.17, 15) is 19.5 Å². The molecule has 1 N–H and O–H groups in total. The molecule has 0 aromatic rings. The second-order valence-corrected chi connectivity index (χ2v) is 18.7. The zero-order chi connectivity index (χ0) is 49.9. The van der Waals surface area contributed by atoms with Crippen LogP contribution in [0.3, 0.4) is 0 Å². The van der Waals surface area contributed by atoms with Gasteiger partial charge in [-0.05, 0) is 96.3 Å². The fraction of sp³-hybridized carbons (Fsp3) is 0.650. The number of ether oxygens (including phenoxy) is 3. The third-order valence-corrected chi connectivity index (χ3v) is 11.4. The lowest BCUT2D eigenvalue weighted by Crippen LogP contribution is -2.50. The number of quaternary nitrogens is 1. The highest BCUT2D eigenvalue weighted by Crippen LogP contribution is 2.14. The summed E-state index contributed by atoms with van der Waals surface area (Å²) in [6.45, 7) is 4.49. The third kappa shape index (κ3) is 47.1. The zero-order valence-corrected chi connectivity index (χ0v) is 44.0. The SMILES string of the molecule is CC/C=C/C/C=C/C/C=C/C/C=C/C/C=C/CCCCCCCCC(=O)OCC(COCCC(C(=O)O)[N+](C)(C)C)OC(=O)CCCCCCCCCCC/C=C/C/C=C/C/C=C/C/C=C/CC. The standard InChI is InChI=1S/C60H99NO7/c1-6-8-10-12-14-16-18-20-22-24-26-28-30-32-34-36-38-40-42-44-46-48-50-58(62)67-55-56(54-66-53-52-57(60(64)65)61(3,4)5)68-59(63)51-49-47-45-43-41-39-37-35-33-31-29-27-25-23-21-19-17-15-13-11-9-7-2/h8-11,14-17,20-23,26-29,32,34,56-57H,6-7,12-13,18-19,24-25,30-31,33,35-55H2,1-5H3/p+1/b10-8+,11-9+,16-14+,17-15+,22-20+,23-21+,28-26+,29-27+,34-32+. The summed E-state index contributed by atoms with van der Waals surface area (Å²) < 4.78 is 17.4. The van der Waals surface area contributed by atoms with Crippen LogP contribution < -0.4 is 0 Å². The molecular formula is C60H100NO7+. The molecule has 2 unspecified atom stereocenters. The Morgan fingerprint density at radius 1 is 0.441 bits per heavy atom. The molecule has 0 aliphatic carbocycles. The van der Waals surface area contributed by atoms with E-state index < -0.39 is 18.1 Å². The van der Waals surface area contributed by atoms with Crippen LogP contribution in [0.2, 0.25) is 0 Å². The van der Waals surface area contributed by atoms with Crippen molar-refractivity contribution in [1.82, 2.24) is 0 Å². The van der Waals surface area contributed by atoms with Gasteiger partial charge in [-0.15, -0.1) is 0 Å². The van der Waals surface area contributed by atoms with Crippen molar-refractivity contribution in [3.63, 3.8) is 0 Å². The second-order valence-electron chi connectivity index (χ2n) is 18.7. The fourth-order valence-corrected chi connectivity index (χ4v) is 7.34. The third-order valence-electron chi connectivity index (χ3n) is 11.4. The molecule has 386 valence electrons. The van der Waals surface area contributed by atoms with Crippen molar-refractivity contribution < 1.29 is 38.2 Å². The van der Waals surface area contributed by atoms with E-state index in [0.29, 0.717) is 19.3 Å². The smallest absolute Gasteiger partial charge is 0.362 e. The van der Waals surface area contributed by atoms with E-state index in [1.165, 1.54) is 51.4 Å².